The van der Waals surface area contributed by atoms with Crippen LogP contribution in [0.3, 0.4) is 0 Å². The lowest BCUT2D eigenvalue weighted by Gasteiger charge is -2.10. The van der Waals surface area contributed by atoms with Crippen molar-refractivity contribution in [3.63, 3.8) is 0 Å². The van der Waals surface area contributed by atoms with Crippen molar-refractivity contribution in [3.05, 3.63) is 35.4 Å². The Hall–Kier alpha value is -1.35. The number of carbonyl (C=O) groups is 1. The van der Waals surface area contributed by atoms with Gasteiger partial charge in [-0.05, 0) is 38.3 Å². The molecule has 18 heavy (non-hydrogen) atoms. The first kappa shape index (κ1) is 13.1. The van der Waals surface area contributed by atoms with Crippen molar-refractivity contribution in [1.82, 2.24) is 10.6 Å². The van der Waals surface area contributed by atoms with Gasteiger partial charge < -0.3 is 10.6 Å². The Kier molecular flexibility index (Phi) is 4.76. The van der Waals surface area contributed by atoms with Gasteiger partial charge in [0.25, 0.3) is 0 Å². The summed E-state index contributed by atoms with van der Waals surface area (Å²) < 4.78 is 0. The van der Waals surface area contributed by atoms with E-state index in [1.807, 2.05) is 25.1 Å². The summed E-state index contributed by atoms with van der Waals surface area (Å²) >= 11 is 0. The van der Waals surface area contributed by atoms with Gasteiger partial charge in [0.15, 0.2) is 0 Å². The quantitative estimate of drug-likeness (QED) is 0.831. The van der Waals surface area contributed by atoms with Crippen LogP contribution in [-0.2, 0) is 11.2 Å². The molecule has 1 aromatic carbocycles. The zero-order valence-corrected chi connectivity index (χ0v) is 11.0. The summed E-state index contributed by atoms with van der Waals surface area (Å²) in [5.74, 6) is 0.124. The van der Waals surface area contributed by atoms with Crippen LogP contribution in [0.4, 0.5) is 0 Å². The fourth-order valence-electron chi connectivity index (χ4n) is 2.46. The summed E-state index contributed by atoms with van der Waals surface area (Å²) in [7, 11) is 0. The minimum Gasteiger partial charge on any atom is -0.356 e. The summed E-state index contributed by atoms with van der Waals surface area (Å²) in [6.07, 6.45) is 4.04. The van der Waals surface area contributed by atoms with E-state index in [0.29, 0.717) is 12.5 Å². The maximum atomic E-state index is 11.8. The third-order valence-electron chi connectivity index (χ3n) is 3.42. The van der Waals surface area contributed by atoms with Gasteiger partial charge in [0.05, 0.1) is 6.42 Å². The Morgan fingerprint density at radius 1 is 1.50 bits per heavy atom. The van der Waals surface area contributed by atoms with Crippen molar-refractivity contribution in [1.29, 1.82) is 0 Å². The van der Waals surface area contributed by atoms with Crippen molar-refractivity contribution >= 4 is 5.91 Å². The van der Waals surface area contributed by atoms with Crippen molar-refractivity contribution in [2.45, 2.75) is 38.6 Å². The monoisotopic (exact) mass is 246 g/mol. The van der Waals surface area contributed by atoms with Gasteiger partial charge in [0.1, 0.15) is 0 Å². The molecular formula is C15H22N2O. The molecule has 0 bridgehead atoms. The zero-order chi connectivity index (χ0) is 12.8. The molecule has 0 aromatic heterocycles. The minimum absolute atomic E-state index is 0.124. The second-order valence-corrected chi connectivity index (χ2v) is 5.10. The van der Waals surface area contributed by atoms with Gasteiger partial charge in [-0.1, -0.05) is 29.8 Å². The molecule has 1 aromatic rings. The van der Waals surface area contributed by atoms with Crippen LogP contribution < -0.4 is 10.6 Å². The van der Waals surface area contributed by atoms with Crippen LogP contribution in [0.25, 0.3) is 0 Å². The van der Waals surface area contributed by atoms with Crippen molar-refractivity contribution < 1.29 is 4.79 Å². The molecule has 2 N–H and O–H groups in total. The Labute approximate surface area is 109 Å². The molecule has 1 aliphatic rings. The second kappa shape index (κ2) is 6.55. The molecule has 1 heterocycles. The molecule has 0 saturated carbocycles. The Morgan fingerprint density at radius 3 is 3.11 bits per heavy atom. The van der Waals surface area contributed by atoms with Crippen LogP contribution in [0, 0.1) is 6.92 Å². The maximum Gasteiger partial charge on any atom is 0.224 e. The second-order valence-electron chi connectivity index (χ2n) is 5.10. The van der Waals surface area contributed by atoms with E-state index in [1.165, 1.54) is 18.4 Å². The smallest absolute Gasteiger partial charge is 0.224 e. The predicted molar refractivity (Wildman–Crippen MR) is 73.5 cm³/mol. The summed E-state index contributed by atoms with van der Waals surface area (Å²) in [5.41, 5.74) is 2.29. The summed E-state index contributed by atoms with van der Waals surface area (Å²) in [5, 5.41) is 6.43. The summed E-state index contributed by atoms with van der Waals surface area (Å²) in [4.78, 5) is 11.8. The van der Waals surface area contributed by atoms with Gasteiger partial charge in [-0.3, -0.25) is 4.79 Å². The van der Waals surface area contributed by atoms with E-state index < -0.39 is 0 Å². The number of amides is 1. The molecule has 3 nitrogen and oxygen atoms in total. The van der Waals surface area contributed by atoms with E-state index in [-0.39, 0.29) is 5.91 Å². The van der Waals surface area contributed by atoms with E-state index in [9.17, 15) is 4.79 Å². The lowest BCUT2D eigenvalue weighted by Crippen LogP contribution is -2.31. The third kappa shape index (κ3) is 4.15. The normalized spacial score (nSPS) is 18.8. The Bertz CT molecular complexity index is 397. The number of benzene rings is 1. The molecule has 1 saturated heterocycles. The average molecular weight is 246 g/mol. The fourth-order valence-corrected chi connectivity index (χ4v) is 2.46. The highest BCUT2D eigenvalue weighted by atomic mass is 16.1. The highest BCUT2D eigenvalue weighted by Gasteiger charge is 2.13. The van der Waals surface area contributed by atoms with E-state index in [2.05, 4.69) is 16.7 Å². The van der Waals surface area contributed by atoms with Crippen LogP contribution in [0.5, 0.6) is 0 Å². The molecule has 1 aliphatic heterocycles. The number of hydrogen-bond donors (Lipinski definition) is 2. The zero-order valence-electron chi connectivity index (χ0n) is 11.0. The highest BCUT2D eigenvalue weighted by molar-refractivity contribution is 5.78. The molecule has 3 heteroatoms. The standard InChI is InChI=1S/C15H22N2O/c1-12-4-2-5-13(10-12)11-15(18)17-9-7-14-6-3-8-16-14/h2,4-5,10,14,16H,3,6-9,11H2,1H3,(H,17,18)/t14-/m0/s1. The van der Waals surface area contributed by atoms with Crippen LogP contribution in [-0.4, -0.2) is 25.0 Å². The SMILES string of the molecule is Cc1cccc(CC(=O)NCC[C@@H]2CCCN2)c1. The maximum absolute atomic E-state index is 11.8. The van der Waals surface area contributed by atoms with Crippen LogP contribution >= 0.6 is 0 Å². The topological polar surface area (TPSA) is 41.1 Å². The van der Waals surface area contributed by atoms with Crippen LogP contribution in [0.15, 0.2) is 24.3 Å². The van der Waals surface area contributed by atoms with Crippen molar-refractivity contribution in [2.75, 3.05) is 13.1 Å². The number of rotatable bonds is 5. The van der Waals surface area contributed by atoms with Gasteiger partial charge >= 0.3 is 0 Å². The lowest BCUT2D eigenvalue weighted by molar-refractivity contribution is -0.120. The summed E-state index contributed by atoms with van der Waals surface area (Å²) in [6, 6.07) is 8.72. The molecule has 0 unspecified atom stereocenters. The first-order valence-electron chi connectivity index (χ1n) is 6.79. The molecule has 0 spiro atoms. The number of nitrogens with one attached hydrogen (secondary N) is 2. The van der Waals surface area contributed by atoms with Crippen molar-refractivity contribution in [2.24, 2.45) is 0 Å². The average Bonchev–Trinajstić information content (AvgIpc) is 2.82. The number of hydrogen-bond acceptors (Lipinski definition) is 2. The molecule has 2 rings (SSSR count). The first-order valence-corrected chi connectivity index (χ1v) is 6.79. The number of carbonyl (C=O) groups excluding carboxylic acids is 1. The molecule has 1 atom stereocenters. The van der Waals surface area contributed by atoms with Gasteiger partial charge in [-0.15, -0.1) is 0 Å². The van der Waals surface area contributed by atoms with Gasteiger partial charge in [0, 0.05) is 12.6 Å². The molecule has 1 amide bonds. The van der Waals surface area contributed by atoms with E-state index >= 15 is 0 Å². The molecular weight excluding hydrogens is 224 g/mol. The largest absolute Gasteiger partial charge is 0.356 e. The molecule has 0 aliphatic carbocycles. The van der Waals surface area contributed by atoms with E-state index in [1.54, 1.807) is 0 Å². The predicted octanol–water partition coefficient (Wildman–Crippen LogP) is 1.80. The summed E-state index contributed by atoms with van der Waals surface area (Å²) in [6.45, 7) is 3.96. The Balaban J connectivity index is 1.68. The van der Waals surface area contributed by atoms with Crippen LogP contribution in [0.2, 0.25) is 0 Å². The van der Waals surface area contributed by atoms with Gasteiger partial charge in [-0.2, -0.15) is 0 Å². The van der Waals surface area contributed by atoms with Gasteiger partial charge in [-0.25, -0.2) is 0 Å². The fraction of sp³-hybridized carbons (Fsp3) is 0.533. The van der Waals surface area contributed by atoms with Crippen LogP contribution in [0.1, 0.15) is 30.4 Å². The Morgan fingerprint density at radius 2 is 2.39 bits per heavy atom. The van der Waals surface area contributed by atoms with E-state index in [4.69, 9.17) is 0 Å². The third-order valence-corrected chi connectivity index (χ3v) is 3.42. The van der Waals surface area contributed by atoms with Gasteiger partial charge in [0.2, 0.25) is 5.91 Å². The minimum atomic E-state index is 0.124. The van der Waals surface area contributed by atoms with Crippen molar-refractivity contribution in [3.8, 4) is 0 Å². The molecule has 98 valence electrons. The molecule has 0 radical (unpaired) electrons. The highest BCUT2D eigenvalue weighted by Crippen LogP contribution is 2.08. The molecule has 1 fully saturated rings. The first-order chi connectivity index (χ1) is 8.74. The lowest BCUT2D eigenvalue weighted by atomic mass is 10.1. The number of aryl methyl sites for hydroxylation is 1. The van der Waals surface area contributed by atoms with E-state index in [0.717, 1.165) is 25.1 Å².